The number of esters is 2. The normalized spacial score (nSPS) is 11.9. The van der Waals surface area contributed by atoms with Gasteiger partial charge in [0.15, 0.2) is 0 Å². The van der Waals surface area contributed by atoms with Crippen LogP contribution in [-0.4, -0.2) is 49.5 Å². The van der Waals surface area contributed by atoms with Crippen LogP contribution in [0.4, 0.5) is 0 Å². The molecule has 6 nitrogen and oxygen atoms in total. The molecule has 0 aliphatic heterocycles. The van der Waals surface area contributed by atoms with Gasteiger partial charge in [-0.1, -0.05) is 26.7 Å². The summed E-state index contributed by atoms with van der Waals surface area (Å²) in [6.07, 6.45) is 3.40. The topological polar surface area (TPSA) is 84.9 Å². The van der Waals surface area contributed by atoms with Gasteiger partial charge >= 0.3 is 11.9 Å². The highest BCUT2D eigenvalue weighted by Gasteiger charge is 2.23. The Morgan fingerprint density at radius 1 is 1.10 bits per heavy atom. The number of hydrogen-bond donors (Lipinski definition) is 2. The van der Waals surface area contributed by atoms with Gasteiger partial charge in [0.1, 0.15) is 6.04 Å². The predicted octanol–water partition coefficient (Wildman–Crippen LogP) is 1.01. The van der Waals surface area contributed by atoms with Crippen LogP contribution in [0.25, 0.3) is 0 Å². The van der Waals surface area contributed by atoms with E-state index in [2.05, 4.69) is 5.32 Å². The van der Waals surface area contributed by atoms with Crippen LogP contribution in [0, 0.1) is 0 Å². The van der Waals surface area contributed by atoms with Crippen LogP contribution >= 0.6 is 0 Å². The Hall–Kier alpha value is -1.14. The summed E-state index contributed by atoms with van der Waals surface area (Å²) in [5, 5.41) is 11.6. The lowest BCUT2D eigenvalue weighted by atomic mass is 10.2. The molecular formula is C14H27NO5. The number of carbonyl (C=O) groups excluding carboxylic acids is 2. The van der Waals surface area contributed by atoms with Crippen molar-refractivity contribution in [2.24, 2.45) is 0 Å². The van der Waals surface area contributed by atoms with Crippen molar-refractivity contribution in [3.8, 4) is 0 Å². The SMILES string of the molecule is CCCCOC(=O)C[C@H](NCCO)C(=O)OCCCC. The molecule has 0 aromatic rings. The van der Waals surface area contributed by atoms with Crippen LogP contribution in [0.3, 0.4) is 0 Å². The molecule has 6 heteroatoms. The second-order valence-electron chi connectivity index (χ2n) is 4.53. The highest BCUT2D eigenvalue weighted by molar-refractivity contribution is 5.82. The molecule has 0 aliphatic carbocycles. The third-order valence-corrected chi connectivity index (χ3v) is 2.66. The second kappa shape index (κ2) is 12.9. The van der Waals surface area contributed by atoms with E-state index in [0.717, 1.165) is 25.7 Å². The molecule has 118 valence electrons. The summed E-state index contributed by atoms with van der Waals surface area (Å²) in [5.41, 5.74) is 0. The van der Waals surface area contributed by atoms with Gasteiger partial charge in [0, 0.05) is 6.54 Å². The first kappa shape index (κ1) is 18.9. The molecule has 0 bridgehead atoms. The molecule has 0 saturated heterocycles. The number of rotatable bonds is 12. The first-order valence-corrected chi connectivity index (χ1v) is 7.32. The van der Waals surface area contributed by atoms with Crippen molar-refractivity contribution in [1.29, 1.82) is 0 Å². The molecule has 1 atom stereocenters. The first-order chi connectivity index (χ1) is 9.65. The van der Waals surface area contributed by atoms with Gasteiger partial charge in [-0.2, -0.15) is 0 Å². The number of aliphatic hydroxyl groups is 1. The Morgan fingerprint density at radius 2 is 1.70 bits per heavy atom. The minimum absolute atomic E-state index is 0.0747. The second-order valence-corrected chi connectivity index (χ2v) is 4.53. The Bertz CT molecular complexity index is 270. The highest BCUT2D eigenvalue weighted by Crippen LogP contribution is 2.01. The molecule has 0 aliphatic rings. The van der Waals surface area contributed by atoms with Crippen LogP contribution in [0.1, 0.15) is 46.0 Å². The maximum Gasteiger partial charge on any atom is 0.323 e. The van der Waals surface area contributed by atoms with Crippen LogP contribution in [-0.2, 0) is 19.1 Å². The van der Waals surface area contributed by atoms with Crippen LogP contribution < -0.4 is 5.32 Å². The minimum Gasteiger partial charge on any atom is -0.466 e. The Morgan fingerprint density at radius 3 is 2.25 bits per heavy atom. The predicted molar refractivity (Wildman–Crippen MR) is 75.2 cm³/mol. The van der Waals surface area contributed by atoms with E-state index in [4.69, 9.17) is 14.6 Å². The molecule has 0 spiro atoms. The lowest BCUT2D eigenvalue weighted by Crippen LogP contribution is -2.41. The number of ether oxygens (including phenoxy) is 2. The van der Waals surface area contributed by atoms with Gasteiger partial charge in [0.05, 0.1) is 26.2 Å². The van der Waals surface area contributed by atoms with E-state index >= 15 is 0 Å². The summed E-state index contributed by atoms with van der Waals surface area (Å²) in [6.45, 7) is 4.84. The minimum atomic E-state index is -0.756. The number of nitrogens with one attached hydrogen (secondary N) is 1. The molecule has 20 heavy (non-hydrogen) atoms. The molecular weight excluding hydrogens is 262 g/mol. The molecule has 0 amide bonds. The fourth-order valence-electron chi connectivity index (χ4n) is 1.45. The lowest BCUT2D eigenvalue weighted by Gasteiger charge is -2.16. The fraction of sp³-hybridized carbons (Fsp3) is 0.857. The largest absolute Gasteiger partial charge is 0.466 e. The molecule has 0 rings (SSSR count). The number of aliphatic hydroxyl groups excluding tert-OH is 1. The smallest absolute Gasteiger partial charge is 0.323 e. The van der Waals surface area contributed by atoms with Gasteiger partial charge in [-0.25, -0.2) is 0 Å². The summed E-state index contributed by atoms with van der Waals surface area (Å²) in [4.78, 5) is 23.4. The average Bonchev–Trinajstić information content (AvgIpc) is 2.43. The Balaban J connectivity index is 4.17. The van der Waals surface area contributed by atoms with Crippen LogP contribution in [0.2, 0.25) is 0 Å². The molecule has 0 aromatic carbocycles. The maximum atomic E-state index is 11.8. The van der Waals surface area contributed by atoms with Crippen molar-refractivity contribution >= 4 is 11.9 Å². The Labute approximate surface area is 120 Å². The summed E-state index contributed by atoms with van der Waals surface area (Å²) in [7, 11) is 0. The molecule has 0 aromatic heterocycles. The van der Waals surface area contributed by atoms with E-state index in [0.29, 0.717) is 13.2 Å². The van der Waals surface area contributed by atoms with Crippen molar-refractivity contribution in [3.05, 3.63) is 0 Å². The molecule has 0 heterocycles. The maximum absolute atomic E-state index is 11.8. The third-order valence-electron chi connectivity index (χ3n) is 2.66. The molecule has 0 fully saturated rings. The zero-order valence-electron chi connectivity index (χ0n) is 12.5. The van der Waals surface area contributed by atoms with E-state index < -0.39 is 18.0 Å². The summed E-state index contributed by atoms with van der Waals surface area (Å²) in [5.74, 6) is -0.902. The lowest BCUT2D eigenvalue weighted by molar-refractivity contribution is -0.153. The molecule has 0 radical (unpaired) electrons. The number of unbranched alkanes of at least 4 members (excludes halogenated alkanes) is 2. The van der Waals surface area contributed by atoms with Gasteiger partial charge in [0.2, 0.25) is 0 Å². The fourth-order valence-corrected chi connectivity index (χ4v) is 1.45. The van der Waals surface area contributed by atoms with E-state index in [1.54, 1.807) is 0 Å². The van der Waals surface area contributed by atoms with Crippen molar-refractivity contribution < 1.29 is 24.2 Å². The van der Waals surface area contributed by atoms with Crippen LogP contribution in [0.15, 0.2) is 0 Å². The van der Waals surface area contributed by atoms with Crippen molar-refractivity contribution in [2.75, 3.05) is 26.4 Å². The zero-order valence-corrected chi connectivity index (χ0v) is 12.5. The van der Waals surface area contributed by atoms with Gasteiger partial charge in [0.25, 0.3) is 0 Å². The van der Waals surface area contributed by atoms with Crippen LogP contribution in [0.5, 0.6) is 0 Å². The quantitative estimate of drug-likeness (QED) is 0.412. The monoisotopic (exact) mass is 289 g/mol. The summed E-state index contributed by atoms with van der Waals surface area (Å²) >= 11 is 0. The standard InChI is InChI=1S/C14H27NO5/c1-3-5-9-19-13(17)11-12(15-7-8-16)14(18)20-10-6-4-2/h12,15-16H,3-11H2,1-2H3/t12-/m0/s1. The average molecular weight is 289 g/mol. The van der Waals surface area contributed by atoms with Crippen molar-refractivity contribution in [2.45, 2.75) is 52.0 Å². The van der Waals surface area contributed by atoms with Gasteiger partial charge in [-0.15, -0.1) is 0 Å². The summed E-state index contributed by atoms with van der Waals surface area (Å²) < 4.78 is 10.1. The third kappa shape index (κ3) is 9.75. The first-order valence-electron chi connectivity index (χ1n) is 7.32. The van der Waals surface area contributed by atoms with Gasteiger partial charge in [-0.05, 0) is 12.8 Å². The van der Waals surface area contributed by atoms with Gasteiger partial charge in [-0.3, -0.25) is 9.59 Å². The van der Waals surface area contributed by atoms with Gasteiger partial charge < -0.3 is 19.9 Å². The van der Waals surface area contributed by atoms with E-state index in [1.807, 2.05) is 13.8 Å². The van der Waals surface area contributed by atoms with E-state index in [-0.39, 0.29) is 19.6 Å². The highest BCUT2D eigenvalue weighted by atomic mass is 16.5. The molecule has 2 N–H and O–H groups in total. The molecule has 0 saturated carbocycles. The van der Waals surface area contributed by atoms with Crippen molar-refractivity contribution in [1.82, 2.24) is 5.32 Å². The number of carbonyl (C=O) groups is 2. The van der Waals surface area contributed by atoms with Crippen molar-refractivity contribution in [3.63, 3.8) is 0 Å². The summed E-state index contributed by atoms with van der Waals surface area (Å²) in [6, 6.07) is -0.756. The van der Waals surface area contributed by atoms with E-state index in [9.17, 15) is 9.59 Å². The Kier molecular flexibility index (Phi) is 12.1. The zero-order chi connectivity index (χ0) is 15.2. The van der Waals surface area contributed by atoms with E-state index in [1.165, 1.54) is 0 Å². The molecule has 0 unspecified atom stereocenters. The number of hydrogen-bond acceptors (Lipinski definition) is 6.